The zero-order valence-electron chi connectivity index (χ0n) is 29.4. The van der Waals surface area contributed by atoms with Gasteiger partial charge in [-0.2, -0.15) is 23.5 Å². The highest BCUT2D eigenvalue weighted by molar-refractivity contribution is 7.98. The Morgan fingerprint density at radius 1 is 0.692 bits per heavy atom. The van der Waals surface area contributed by atoms with Crippen LogP contribution in [0.15, 0.2) is 97.1 Å². The molecule has 0 bridgehead atoms. The van der Waals surface area contributed by atoms with Gasteiger partial charge in [0.05, 0.1) is 28.1 Å². The second-order valence-corrected chi connectivity index (χ2v) is 14.5. The topological polar surface area (TPSA) is 134 Å². The van der Waals surface area contributed by atoms with E-state index < -0.39 is 18.3 Å². The fourth-order valence-corrected chi connectivity index (χ4v) is 6.83. The number of ether oxygens (including phenoxy) is 2. The highest BCUT2D eigenvalue weighted by atomic mass is 32.2. The molecular formula is C40H44N6O4S2. The molecule has 0 aliphatic carbocycles. The molecule has 0 radical (unpaired) electrons. The van der Waals surface area contributed by atoms with Crippen molar-refractivity contribution in [2.24, 2.45) is 0 Å². The van der Waals surface area contributed by atoms with E-state index in [2.05, 4.69) is 44.9 Å². The number of imidazole rings is 2. The molecule has 52 heavy (non-hydrogen) atoms. The normalized spacial score (nSPS) is 12.4. The summed E-state index contributed by atoms with van der Waals surface area (Å²) in [6.45, 7) is 0.607. The molecule has 10 nitrogen and oxygen atoms in total. The number of carbonyl (C=O) groups is 2. The number of H-pyrrole nitrogens is 2. The molecule has 6 rings (SSSR count). The van der Waals surface area contributed by atoms with Gasteiger partial charge in [0, 0.05) is 13.0 Å². The first kappa shape index (κ1) is 36.8. The number of rotatable bonds is 17. The first-order chi connectivity index (χ1) is 25.5. The Kier molecular flexibility index (Phi) is 13.1. The Labute approximate surface area is 312 Å². The Bertz CT molecular complexity index is 1910. The number of thioether (sulfide) groups is 2. The van der Waals surface area contributed by atoms with Crippen molar-refractivity contribution in [1.82, 2.24) is 30.6 Å². The molecule has 4 aromatic carbocycles. The van der Waals surface area contributed by atoms with Crippen molar-refractivity contribution in [1.29, 1.82) is 0 Å². The van der Waals surface area contributed by atoms with Crippen molar-refractivity contribution < 1.29 is 19.1 Å². The maximum absolute atomic E-state index is 12.7. The second kappa shape index (κ2) is 18.5. The standard InChI is InChI=1S/C40H44N6O4S2/c1-51-21-19-33(46-40(48)49-26-30-11-7-4-8-12-30)37-42-31-17-15-27(23-34(31)44-37)13-14-28-16-18-32-35(24-28)45-38(43-32)36(20-22-52-2)50-39(47)41-25-29-9-5-3-6-10-29/h3-12,15-18,23-24,33,36H,13-14,19-22,25-26H2,1-2H3,(H,41,47)(H,42,44)(H,43,45)(H,46,48)/t33-,36-/m0/s1. The average molecular weight is 737 g/mol. The Balaban J connectivity index is 1.08. The summed E-state index contributed by atoms with van der Waals surface area (Å²) in [7, 11) is 0. The second-order valence-electron chi connectivity index (χ2n) is 12.5. The molecule has 6 aromatic rings. The SMILES string of the molecule is CSCC[C@H](NC(=O)OCc1ccccc1)c1nc2ccc(CCc3ccc4nc([C@H](CCSC)OC(=O)NCc5ccccc5)[nH]c4c3)cc2[nH]1. The summed E-state index contributed by atoms with van der Waals surface area (Å²) >= 11 is 3.42. The van der Waals surface area contributed by atoms with Crippen LogP contribution in [0, 0.1) is 0 Å². The molecule has 2 aromatic heterocycles. The number of alkyl carbamates (subject to hydrolysis) is 2. The predicted molar refractivity (Wildman–Crippen MR) is 211 cm³/mol. The molecule has 0 unspecified atom stereocenters. The van der Waals surface area contributed by atoms with E-state index in [1.165, 1.54) is 11.1 Å². The van der Waals surface area contributed by atoms with Crippen molar-refractivity contribution in [3.05, 3.63) is 131 Å². The molecule has 2 amide bonds. The number of carbonyl (C=O) groups excluding carboxylic acids is 2. The number of aromatic amines is 2. The number of nitrogens with zero attached hydrogens (tertiary/aromatic N) is 2. The number of aryl methyl sites for hydroxylation is 2. The van der Waals surface area contributed by atoms with Crippen molar-refractivity contribution in [3.8, 4) is 0 Å². The fourth-order valence-electron chi connectivity index (χ4n) is 5.91. The van der Waals surface area contributed by atoms with Crippen LogP contribution >= 0.6 is 23.5 Å². The van der Waals surface area contributed by atoms with E-state index in [9.17, 15) is 9.59 Å². The average Bonchev–Trinajstić information content (AvgIpc) is 3.80. The number of benzene rings is 4. The van der Waals surface area contributed by atoms with Crippen LogP contribution in [0.25, 0.3) is 22.1 Å². The van der Waals surface area contributed by atoms with Crippen molar-refractivity contribution in [2.75, 3.05) is 24.0 Å². The van der Waals surface area contributed by atoms with Crippen LogP contribution in [-0.2, 0) is 35.5 Å². The van der Waals surface area contributed by atoms with Crippen molar-refractivity contribution >= 4 is 57.8 Å². The van der Waals surface area contributed by atoms with E-state index in [0.29, 0.717) is 24.6 Å². The summed E-state index contributed by atoms with van der Waals surface area (Å²) in [5.41, 5.74) is 7.82. The van der Waals surface area contributed by atoms with Gasteiger partial charge in [-0.05, 0) is 89.8 Å². The van der Waals surface area contributed by atoms with Crippen LogP contribution in [0.1, 0.15) is 58.9 Å². The van der Waals surface area contributed by atoms with Gasteiger partial charge in [0.1, 0.15) is 18.3 Å². The monoisotopic (exact) mass is 736 g/mol. The van der Waals surface area contributed by atoms with Gasteiger partial charge in [-0.3, -0.25) is 0 Å². The minimum atomic E-state index is -0.486. The molecule has 0 saturated heterocycles. The molecule has 2 atom stereocenters. The van der Waals surface area contributed by atoms with Crippen LogP contribution in [0.4, 0.5) is 9.59 Å². The zero-order chi connectivity index (χ0) is 36.1. The molecule has 0 fully saturated rings. The Morgan fingerprint density at radius 3 is 1.90 bits per heavy atom. The molecule has 0 saturated carbocycles. The van der Waals surface area contributed by atoms with E-state index >= 15 is 0 Å². The van der Waals surface area contributed by atoms with E-state index in [1.54, 1.807) is 23.5 Å². The molecule has 270 valence electrons. The lowest BCUT2D eigenvalue weighted by Gasteiger charge is -2.16. The Hall–Kier alpha value is -4.94. The first-order valence-corrected chi connectivity index (χ1v) is 20.2. The predicted octanol–water partition coefficient (Wildman–Crippen LogP) is 8.67. The fraction of sp³-hybridized carbons (Fsp3) is 0.300. The quantitative estimate of drug-likeness (QED) is 0.0731. The van der Waals surface area contributed by atoms with Gasteiger partial charge in [0.15, 0.2) is 6.10 Å². The smallest absolute Gasteiger partial charge is 0.408 e. The zero-order valence-corrected chi connectivity index (χ0v) is 31.0. The van der Waals surface area contributed by atoms with Crippen LogP contribution < -0.4 is 10.6 Å². The number of amides is 2. The molecule has 0 aliphatic rings. The lowest BCUT2D eigenvalue weighted by atomic mass is 10.0. The van der Waals surface area contributed by atoms with Gasteiger partial charge in [-0.15, -0.1) is 0 Å². The van der Waals surface area contributed by atoms with E-state index in [0.717, 1.165) is 64.0 Å². The number of nitrogens with one attached hydrogen (secondary N) is 4. The van der Waals surface area contributed by atoms with E-state index in [4.69, 9.17) is 19.4 Å². The largest absolute Gasteiger partial charge is 0.445 e. The van der Waals surface area contributed by atoms with Crippen LogP contribution in [0.5, 0.6) is 0 Å². The number of fused-ring (bicyclic) bond motifs is 2. The highest BCUT2D eigenvalue weighted by Crippen LogP contribution is 2.26. The van der Waals surface area contributed by atoms with Gasteiger partial charge >= 0.3 is 12.2 Å². The van der Waals surface area contributed by atoms with E-state index in [-0.39, 0.29) is 12.6 Å². The summed E-state index contributed by atoms with van der Waals surface area (Å²) in [4.78, 5) is 41.9. The summed E-state index contributed by atoms with van der Waals surface area (Å²) in [6, 6.07) is 31.6. The van der Waals surface area contributed by atoms with Crippen LogP contribution in [-0.4, -0.2) is 56.1 Å². The lowest BCUT2D eigenvalue weighted by Crippen LogP contribution is -2.30. The maximum atomic E-state index is 12.7. The highest BCUT2D eigenvalue weighted by Gasteiger charge is 2.21. The molecular weight excluding hydrogens is 693 g/mol. The van der Waals surface area contributed by atoms with Gasteiger partial charge < -0.3 is 30.1 Å². The molecule has 12 heteroatoms. The van der Waals surface area contributed by atoms with Crippen molar-refractivity contribution in [2.45, 2.75) is 51.0 Å². The molecule has 0 aliphatic heterocycles. The van der Waals surface area contributed by atoms with Gasteiger partial charge in [0.2, 0.25) is 0 Å². The molecule has 0 spiro atoms. The lowest BCUT2D eigenvalue weighted by molar-refractivity contribution is 0.0912. The third kappa shape index (κ3) is 10.3. The first-order valence-electron chi connectivity index (χ1n) is 17.4. The summed E-state index contributed by atoms with van der Waals surface area (Å²) in [5.74, 6) is 3.05. The van der Waals surface area contributed by atoms with E-state index in [1.807, 2.05) is 85.3 Å². The van der Waals surface area contributed by atoms with Gasteiger partial charge in [-0.25, -0.2) is 19.6 Å². The summed E-state index contributed by atoms with van der Waals surface area (Å²) < 4.78 is 11.3. The minimum absolute atomic E-state index is 0.210. The third-order valence-electron chi connectivity index (χ3n) is 8.70. The van der Waals surface area contributed by atoms with Crippen molar-refractivity contribution in [3.63, 3.8) is 0 Å². The maximum Gasteiger partial charge on any atom is 0.408 e. The minimum Gasteiger partial charge on any atom is -0.445 e. The number of hydrogen-bond acceptors (Lipinski definition) is 8. The Morgan fingerprint density at radius 2 is 1.27 bits per heavy atom. The van der Waals surface area contributed by atoms with Gasteiger partial charge in [0.25, 0.3) is 0 Å². The molecule has 2 heterocycles. The third-order valence-corrected chi connectivity index (χ3v) is 9.98. The summed E-state index contributed by atoms with van der Waals surface area (Å²) in [6.07, 6.45) is 5.69. The van der Waals surface area contributed by atoms with Gasteiger partial charge in [-0.1, -0.05) is 72.8 Å². The molecule has 4 N–H and O–H groups in total. The van der Waals surface area contributed by atoms with Crippen LogP contribution in [0.2, 0.25) is 0 Å². The number of aromatic nitrogens is 4. The van der Waals surface area contributed by atoms with Crippen LogP contribution in [0.3, 0.4) is 0 Å². The number of hydrogen-bond donors (Lipinski definition) is 4. The summed E-state index contributed by atoms with van der Waals surface area (Å²) in [5, 5.41) is 5.86.